The van der Waals surface area contributed by atoms with E-state index < -0.39 is 11.9 Å². The van der Waals surface area contributed by atoms with E-state index in [0.29, 0.717) is 23.8 Å². The van der Waals surface area contributed by atoms with Crippen molar-refractivity contribution in [3.63, 3.8) is 0 Å². The molecule has 0 saturated carbocycles. The van der Waals surface area contributed by atoms with Crippen LogP contribution in [0, 0.1) is 0 Å². The maximum absolute atomic E-state index is 11.8. The van der Waals surface area contributed by atoms with Crippen molar-refractivity contribution in [2.75, 3.05) is 20.8 Å². The fraction of sp³-hybridized carbons (Fsp3) is 0.250. The number of carbonyl (C=O) groups excluding carboxylic acids is 2. The van der Waals surface area contributed by atoms with E-state index >= 15 is 0 Å². The summed E-state index contributed by atoms with van der Waals surface area (Å²) in [7, 11) is 2.55. The molecule has 0 saturated heterocycles. The number of halogens is 1. The lowest BCUT2D eigenvalue weighted by atomic mass is 10.2. The highest BCUT2D eigenvalue weighted by molar-refractivity contribution is 7.16. The number of benzene rings is 1. The Labute approximate surface area is 142 Å². The molecule has 1 aromatic heterocycles. The second-order valence-electron chi connectivity index (χ2n) is 4.48. The first kappa shape index (κ1) is 17.3. The minimum atomic E-state index is -0.558. The highest BCUT2D eigenvalue weighted by Crippen LogP contribution is 2.31. The molecule has 122 valence electrons. The maximum Gasteiger partial charge on any atom is 0.351 e. The Morgan fingerprint density at radius 3 is 2.48 bits per heavy atom. The second-order valence-corrected chi connectivity index (χ2v) is 5.94. The average Bonchev–Trinajstić information content (AvgIpc) is 2.99. The van der Waals surface area contributed by atoms with E-state index in [-0.39, 0.29) is 9.75 Å². The Hall–Kier alpha value is -2.05. The van der Waals surface area contributed by atoms with Crippen molar-refractivity contribution in [2.24, 2.45) is 0 Å². The van der Waals surface area contributed by atoms with E-state index in [1.54, 1.807) is 6.07 Å². The summed E-state index contributed by atoms with van der Waals surface area (Å²) in [6.07, 6.45) is 0.573. The molecule has 0 atom stereocenters. The van der Waals surface area contributed by atoms with Crippen LogP contribution in [0.25, 0.3) is 0 Å². The molecule has 0 radical (unpaired) electrons. The number of esters is 2. The quantitative estimate of drug-likeness (QED) is 0.742. The van der Waals surface area contributed by atoms with Crippen LogP contribution in [0.2, 0.25) is 5.02 Å². The SMILES string of the molecule is COC(=O)c1cc(OCCc2ccccc2Cl)c(C(=O)OC)s1. The summed E-state index contributed by atoms with van der Waals surface area (Å²) >= 11 is 7.06. The Morgan fingerprint density at radius 1 is 1.13 bits per heavy atom. The zero-order chi connectivity index (χ0) is 16.8. The summed E-state index contributed by atoms with van der Waals surface area (Å²) in [6.45, 7) is 0.311. The fourth-order valence-electron chi connectivity index (χ4n) is 1.89. The van der Waals surface area contributed by atoms with Gasteiger partial charge in [-0.2, -0.15) is 0 Å². The molecule has 0 fully saturated rings. The summed E-state index contributed by atoms with van der Waals surface area (Å²) in [5.74, 6) is -0.784. The molecule has 23 heavy (non-hydrogen) atoms. The van der Waals surface area contributed by atoms with Crippen molar-refractivity contribution in [2.45, 2.75) is 6.42 Å². The number of ether oxygens (including phenoxy) is 3. The maximum atomic E-state index is 11.8. The molecule has 0 amide bonds. The van der Waals surface area contributed by atoms with Crippen LogP contribution in [-0.4, -0.2) is 32.8 Å². The molecule has 0 spiro atoms. The smallest absolute Gasteiger partial charge is 0.351 e. The summed E-state index contributed by atoms with van der Waals surface area (Å²) in [6, 6.07) is 8.93. The van der Waals surface area contributed by atoms with Crippen LogP contribution < -0.4 is 4.74 Å². The van der Waals surface area contributed by atoms with E-state index in [2.05, 4.69) is 4.74 Å². The first-order valence-electron chi connectivity index (χ1n) is 6.73. The van der Waals surface area contributed by atoms with Gasteiger partial charge in [-0.25, -0.2) is 9.59 Å². The van der Waals surface area contributed by atoms with Gasteiger partial charge in [-0.05, 0) is 11.6 Å². The van der Waals surface area contributed by atoms with Crippen molar-refractivity contribution < 1.29 is 23.8 Å². The molecule has 1 heterocycles. The summed E-state index contributed by atoms with van der Waals surface area (Å²) in [5, 5.41) is 0.657. The fourth-order valence-corrected chi connectivity index (χ4v) is 3.06. The van der Waals surface area contributed by atoms with Gasteiger partial charge in [0.2, 0.25) is 0 Å². The van der Waals surface area contributed by atoms with Gasteiger partial charge in [-0.3, -0.25) is 0 Å². The van der Waals surface area contributed by atoms with Crippen LogP contribution in [-0.2, 0) is 15.9 Å². The minimum Gasteiger partial charge on any atom is -0.491 e. The third-order valence-electron chi connectivity index (χ3n) is 3.04. The van der Waals surface area contributed by atoms with Gasteiger partial charge in [-0.15, -0.1) is 11.3 Å². The molecule has 0 unspecified atom stereocenters. The van der Waals surface area contributed by atoms with Crippen LogP contribution in [0.5, 0.6) is 5.75 Å². The summed E-state index contributed by atoms with van der Waals surface area (Å²) in [4.78, 5) is 23.9. The van der Waals surface area contributed by atoms with Gasteiger partial charge < -0.3 is 14.2 Å². The summed E-state index contributed by atoms with van der Waals surface area (Å²) in [5.41, 5.74) is 0.942. The lowest BCUT2D eigenvalue weighted by Gasteiger charge is -2.07. The Morgan fingerprint density at radius 2 is 1.83 bits per heavy atom. The molecule has 0 aliphatic carbocycles. The Kier molecular flexibility index (Phi) is 6.01. The Bertz CT molecular complexity index is 710. The van der Waals surface area contributed by atoms with Gasteiger partial charge in [-0.1, -0.05) is 29.8 Å². The average molecular weight is 355 g/mol. The molecule has 0 aliphatic heterocycles. The standard InChI is InChI=1S/C16H15ClO5S/c1-20-15(18)13-9-12(14(23-13)16(19)21-2)22-8-7-10-5-3-4-6-11(10)17/h3-6,9H,7-8H2,1-2H3. The van der Waals surface area contributed by atoms with Gasteiger partial charge in [0.1, 0.15) is 10.6 Å². The molecule has 0 N–H and O–H groups in total. The summed E-state index contributed by atoms with van der Waals surface area (Å²) < 4.78 is 15.0. The predicted molar refractivity (Wildman–Crippen MR) is 87.6 cm³/mol. The monoisotopic (exact) mass is 354 g/mol. The van der Waals surface area contributed by atoms with Crippen LogP contribution in [0.3, 0.4) is 0 Å². The molecule has 1 aromatic carbocycles. The number of hydrogen-bond acceptors (Lipinski definition) is 6. The highest BCUT2D eigenvalue weighted by atomic mass is 35.5. The van der Waals surface area contributed by atoms with Crippen molar-refractivity contribution in [3.05, 3.63) is 50.7 Å². The molecule has 0 bridgehead atoms. The first-order chi connectivity index (χ1) is 11.1. The van der Waals surface area contributed by atoms with Gasteiger partial charge in [0, 0.05) is 17.5 Å². The second kappa shape index (κ2) is 7.99. The first-order valence-corrected chi connectivity index (χ1v) is 7.93. The van der Waals surface area contributed by atoms with Crippen molar-refractivity contribution in [3.8, 4) is 5.75 Å². The van der Waals surface area contributed by atoms with E-state index in [1.807, 2.05) is 18.2 Å². The van der Waals surface area contributed by atoms with Crippen molar-refractivity contribution >= 4 is 34.9 Å². The highest BCUT2D eigenvalue weighted by Gasteiger charge is 2.22. The van der Waals surface area contributed by atoms with Gasteiger partial charge in [0.05, 0.1) is 20.8 Å². The normalized spacial score (nSPS) is 10.2. The third kappa shape index (κ3) is 4.24. The zero-order valence-corrected chi connectivity index (χ0v) is 14.2. The van der Waals surface area contributed by atoms with Gasteiger partial charge >= 0.3 is 11.9 Å². The lowest BCUT2D eigenvalue weighted by Crippen LogP contribution is -2.05. The number of thiophene rings is 1. The van der Waals surface area contributed by atoms with Gasteiger partial charge in [0.15, 0.2) is 4.88 Å². The number of methoxy groups -OCH3 is 2. The zero-order valence-electron chi connectivity index (χ0n) is 12.6. The van der Waals surface area contributed by atoms with Crippen molar-refractivity contribution in [1.82, 2.24) is 0 Å². The van der Waals surface area contributed by atoms with E-state index in [9.17, 15) is 9.59 Å². The van der Waals surface area contributed by atoms with Crippen molar-refractivity contribution in [1.29, 1.82) is 0 Å². The predicted octanol–water partition coefficient (Wildman–Crippen LogP) is 3.60. The lowest BCUT2D eigenvalue weighted by molar-refractivity contribution is 0.0595. The molecule has 7 heteroatoms. The molecular weight excluding hydrogens is 340 g/mol. The number of carbonyl (C=O) groups is 2. The topological polar surface area (TPSA) is 61.8 Å². The van der Waals surface area contributed by atoms with Crippen LogP contribution in [0.4, 0.5) is 0 Å². The molecular formula is C16H15ClO5S. The number of rotatable bonds is 6. The third-order valence-corrected chi connectivity index (χ3v) is 4.49. The number of hydrogen-bond donors (Lipinski definition) is 0. The molecule has 2 rings (SSSR count). The van der Waals surface area contributed by atoms with E-state index in [0.717, 1.165) is 16.9 Å². The molecule has 2 aromatic rings. The largest absolute Gasteiger partial charge is 0.491 e. The molecule has 0 aliphatic rings. The Balaban J connectivity index is 2.11. The van der Waals surface area contributed by atoms with E-state index in [4.69, 9.17) is 21.1 Å². The van der Waals surface area contributed by atoms with Crippen LogP contribution in [0.15, 0.2) is 30.3 Å². The van der Waals surface area contributed by atoms with Crippen LogP contribution >= 0.6 is 22.9 Å². The molecule has 5 nitrogen and oxygen atoms in total. The van der Waals surface area contributed by atoms with Crippen LogP contribution in [0.1, 0.15) is 24.9 Å². The van der Waals surface area contributed by atoms with E-state index in [1.165, 1.54) is 20.3 Å². The minimum absolute atomic E-state index is 0.229. The van der Waals surface area contributed by atoms with Gasteiger partial charge in [0.25, 0.3) is 0 Å².